The Kier molecular flexibility index (Phi) is 7.38. The van der Waals surface area contributed by atoms with Gasteiger partial charge in [0.1, 0.15) is 5.75 Å². The Morgan fingerprint density at radius 1 is 1.07 bits per heavy atom. The van der Waals surface area contributed by atoms with Gasteiger partial charge in [-0.3, -0.25) is 9.52 Å². The van der Waals surface area contributed by atoms with Gasteiger partial charge in [0.05, 0.1) is 16.9 Å². The van der Waals surface area contributed by atoms with E-state index in [4.69, 9.17) is 0 Å². The zero-order valence-electron chi connectivity index (χ0n) is 16.4. The van der Waals surface area contributed by atoms with Crippen LogP contribution in [0.3, 0.4) is 0 Å². The molecule has 0 saturated carbocycles. The first-order chi connectivity index (χ1) is 13.9. The van der Waals surface area contributed by atoms with Gasteiger partial charge in [-0.05, 0) is 61.4 Å². The smallest absolute Gasteiger partial charge is 0.241 e. The van der Waals surface area contributed by atoms with E-state index in [2.05, 4.69) is 19.9 Å². The quantitative estimate of drug-likeness (QED) is 0.617. The molecule has 1 aromatic carbocycles. The van der Waals surface area contributed by atoms with Gasteiger partial charge in [0.15, 0.2) is 0 Å². The van der Waals surface area contributed by atoms with E-state index < -0.39 is 21.7 Å². The van der Waals surface area contributed by atoms with E-state index in [0.717, 1.165) is 29.6 Å². The summed E-state index contributed by atoms with van der Waals surface area (Å²) in [5.74, 6) is -0.367. The van der Waals surface area contributed by atoms with Crippen LogP contribution in [0, 0.1) is 0 Å². The maximum Gasteiger partial charge on any atom is 0.241 e. The second-order valence-corrected chi connectivity index (χ2v) is 9.83. The number of nitrogens with zero attached hydrogens (tertiary/aromatic N) is 2. The van der Waals surface area contributed by atoms with E-state index in [1.54, 1.807) is 36.0 Å². The molecule has 1 aliphatic rings. The molecule has 1 fully saturated rings. The van der Waals surface area contributed by atoms with E-state index in [1.807, 2.05) is 19.1 Å². The Labute approximate surface area is 176 Å². The van der Waals surface area contributed by atoms with Gasteiger partial charge in [0, 0.05) is 24.5 Å². The minimum absolute atomic E-state index is 0.446. The normalized spacial score (nSPS) is 14.4. The Bertz CT molecular complexity index is 910. The number of aromatic nitrogens is 1. The van der Waals surface area contributed by atoms with Crippen LogP contribution in [0.2, 0.25) is 0 Å². The number of sulfonamides is 1. The molecule has 9 heteroatoms. The highest BCUT2D eigenvalue weighted by Crippen LogP contribution is 2.22. The number of pyridine rings is 1. The van der Waals surface area contributed by atoms with Gasteiger partial charge in [-0.15, -0.1) is 11.8 Å². The monoisotopic (exact) mass is 434 g/mol. The van der Waals surface area contributed by atoms with Crippen molar-refractivity contribution in [2.75, 3.05) is 39.5 Å². The number of rotatable bonds is 8. The summed E-state index contributed by atoms with van der Waals surface area (Å²) in [6.45, 7) is 4.08. The minimum Gasteiger partial charge on any atom is -0.372 e. The summed E-state index contributed by atoms with van der Waals surface area (Å²) >= 11 is 1.59. The lowest BCUT2D eigenvalue weighted by Crippen LogP contribution is -2.29. The number of piperidine rings is 1. The highest BCUT2D eigenvalue weighted by Gasteiger charge is 2.17. The fourth-order valence-electron chi connectivity index (χ4n) is 3.17. The molecule has 0 aliphatic carbocycles. The van der Waals surface area contributed by atoms with Crippen LogP contribution in [0.25, 0.3) is 0 Å². The number of thioether (sulfide) groups is 1. The summed E-state index contributed by atoms with van der Waals surface area (Å²) in [6.07, 6.45) is 5.14. The lowest BCUT2D eigenvalue weighted by molar-refractivity contribution is -0.113. The molecule has 1 amide bonds. The lowest BCUT2D eigenvalue weighted by atomic mass is 10.1. The first-order valence-electron chi connectivity index (χ1n) is 9.69. The van der Waals surface area contributed by atoms with Crippen molar-refractivity contribution in [3.63, 3.8) is 0 Å². The molecule has 2 heterocycles. The summed E-state index contributed by atoms with van der Waals surface area (Å²) < 4.78 is 27.1. The topological polar surface area (TPSA) is 91.4 Å². The van der Waals surface area contributed by atoms with Gasteiger partial charge < -0.3 is 10.2 Å². The highest BCUT2D eigenvalue weighted by atomic mass is 32.2. The van der Waals surface area contributed by atoms with E-state index in [1.165, 1.54) is 25.5 Å². The van der Waals surface area contributed by atoms with Crippen LogP contribution in [-0.2, 0) is 14.8 Å². The maximum absolute atomic E-state index is 12.3. The largest absolute Gasteiger partial charge is 0.372 e. The molecule has 0 atom stereocenters. The molecular formula is C20H26N4O3S2. The van der Waals surface area contributed by atoms with Crippen LogP contribution in [0.1, 0.15) is 26.2 Å². The third-order valence-corrected chi connectivity index (χ3v) is 6.51. The van der Waals surface area contributed by atoms with Crippen molar-refractivity contribution in [3.8, 4) is 0 Å². The van der Waals surface area contributed by atoms with Gasteiger partial charge in [0.25, 0.3) is 0 Å². The predicted octanol–water partition coefficient (Wildman–Crippen LogP) is 3.56. The van der Waals surface area contributed by atoms with E-state index in [-0.39, 0.29) is 0 Å². The zero-order valence-corrected chi connectivity index (χ0v) is 18.1. The van der Waals surface area contributed by atoms with Crippen molar-refractivity contribution in [2.24, 2.45) is 0 Å². The summed E-state index contributed by atoms with van der Waals surface area (Å²) in [7, 11) is -3.81. The van der Waals surface area contributed by atoms with Gasteiger partial charge in [-0.2, -0.15) is 0 Å². The number of nitrogens with one attached hydrogen (secondary N) is 2. The third kappa shape index (κ3) is 6.64. The third-order valence-electron chi connectivity index (χ3n) is 4.50. The van der Waals surface area contributed by atoms with E-state index in [0.29, 0.717) is 11.4 Å². The first kappa shape index (κ1) is 21.4. The van der Waals surface area contributed by atoms with Crippen molar-refractivity contribution >= 4 is 44.8 Å². The minimum atomic E-state index is -3.81. The number of amides is 1. The predicted molar refractivity (Wildman–Crippen MR) is 119 cm³/mol. The molecule has 0 spiro atoms. The molecule has 0 unspecified atom stereocenters. The van der Waals surface area contributed by atoms with Crippen LogP contribution in [0.4, 0.5) is 17.1 Å². The second-order valence-electron chi connectivity index (χ2n) is 6.82. The van der Waals surface area contributed by atoms with Gasteiger partial charge >= 0.3 is 0 Å². The molecule has 7 nitrogen and oxygen atoms in total. The number of benzene rings is 1. The molecule has 2 N–H and O–H groups in total. The summed E-state index contributed by atoms with van der Waals surface area (Å²) in [5.41, 5.74) is 2.00. The average Bonchev–Trinajstić information content (AvgIpc) is 2.70. The maximum atomic E-state index is 12.3. The molecule has 2 aromatic rings. The number of hydrogen-bond acceptors (Lipinski definition) is 6. The molecular weight excluding hydrogens is 408 g/mol. The molecule has 1 aromatic heterocycles. The van der Waals surface area contributed by atoms with Crippen LogP contribution in [0.5, 0.6) is 0 Å². The number of anilines is 3. The SMILES string of the molecule is CCSc1ccc(NC(=O)CS(=O)(=O)Nc2ccc(N3CCCCC3)cc2)cn1. The molecule has 1 aliphatic heterocycles. The first-order valence-corrected chi connectivity index (χ1v) is 12.3. The van der Waals surface area contributed by atoms with Gasteiger partial charge in [-0.25, -0.2) is 13.4 Å². The van der Waals surface area contributed by atoms with Crippen LogP contribution in [-0.4, -0.2) is 43.9 Å². The van der Waals surface area contributed by atoms with Crippen LogP contribution >= 0.6 is 11.8 Å². The van der Waals surface area contributed by atoms with Gasteiger partial charge in [-0.1, -0.05) is 6.92 Å². The van der Waals surface area contributed by atoms with Gasteiger partial charge in [0.2, 0.25) is 15.9 Å². The van der Waals surface area contributed by atoms with E-state index in [9.17, 15) is 13.2 Å². The van der Waals surface area contributed by atoms with E-state index >= 15 is 0 Å². The zero-order chi connectivity index (χ0) is 20.7. The van der Waals surface area contributed by atoms with Crippen molar-refractivity contribution in [2.45, 2.75) is 31.2 Å². The lowest BCUT2D eigenvalue weighted by Gasteiger charge is -2.28. The Morgan fingerprint density at radius 2 is 1.76 bits per heavy atom. The highest BCUT2D eigenvalue weighted by molar-refractivity contribution is 7.99. The Morgan fingerprint density at radius 3 is 2.38 bits per heavy atom. The summed E-state index contributed by atoms with van der Waals surface area (Å²) in [6, 6.07) is 10.8. The van der Waals surface area contributed by atoms with Crippen LogP contribution < -0.4 is 14.9 Å². The molecule has 29 heavy (non-hydrogen) atoms. The fourth-order valence-corrected chi connectivity index (χ4v) is 4.74. The van der Waals surface area contributed by atoms with Crippen LogP contribution in [0.15, 0.2) is 47.6 Å². The van der Waals surface area contributed by atoms with Crippen molar-refractivity contribution < 1.29 is 13.2 Å². The Balaban J connectivity index is 1.54. The Hall–Kier alpha value is -2.26. The number of carbonyl (C=O) groups is 1. The number of carbonyl (C=O) groups excluding carboxylic acids is 1. The summed E-state index contributed by atoms with van der Waals surface area (Å²) in [5, 5.41) is 3.42. The van der Waals surface area contributed by atoms with Crippen molar-refractivity contribution in [1.82, 2.24) is 4.98 Å². The van der Waals surface area contributed by atoms with Crippen molar-refractivity contribution in [3.05, 3.63) is 42.6 Å². The second kappa shape index (κ2) is 9.98. The molecule has 0 bridgehead atoms. The standard InChI is InChI=1S/C20H26N4O3S2/c1-2-28-20-11-8-17(14-21-20)22-19(25)15-29(26,27)23-16-6-9-18(10-7-16)24-12-4-3-5-13-24/h6-11,14,23H,2-5,12-13,15H2,1H3,(H,22,25). The average molecular weight is 435 g/mol. The number of hydrogen-bond donors (Lipinski definition) is 2. The molecule has 3 rings (SSSR count). The van der Waals surface area contributed by atoms with Crippen molar-refractivity contribution in [1.29, 1.82) is 0 Å². The fraction of sp³-hybridized carbons (Fsp3) is 0.400. The summed E-state index contributed by atoms with van der Waals surface area (Å²) in [4.78, 5) is 18.6. The molecule has 1 saturated heterocycles. The molecule has 0 radical (unpaired) electrons. The molecule has 156 valence electrons.